The number of alkyl halides is 1. The minimum absolute atomic E-state index is 0.0719. The molecule has 4 rings (SSSR count). The zero-order chi connectivity index (χ0) is 25.3. The third kappa shape index (κ3) is 5.18. The van der Waals surface area contributed by atoms with Gasteiger partial charge in [-0.15, -0.1) is 0 Å². The Morgan fingerprint density at radius 2 is 1.91 bits per heavy atom. The molecule has 1 unspecified atom stereocenters. The van der Waals surface area contributed by atoms with Crippen LogP contribution in [0.4, 0.5) is 14.5 Å². The van der Waals surface area contributed by atoms with Crippen molar-refractivity contribution >= 4 is 33.1 Å². The molecule has 0 amide bonds. The Labute approximate surface area is 208 Å². The molecule has 0 N–H and O–H groups in total. The van der Waals surface area contributed by atoms with Crippen LogP contribution in [-0.2, 0) is 14.8 Å². The zero-order valence-corrected chi connectivity index (χ0v) is 20.7. The molecular weight excluding hydrogens is 496 g/mol. The van der Waals surface area contributed by atoms with Crippen molar-refractivity contribution in [1.82, 2.24) is 0 Å². The Kier molecular flexibility index (Phi) is 7.15. The molecule has 0 spiro atoms. The summed E-state index contributed by atoms with van der Waals surface area (Å²) in [6, 6.07) is 15.8. The van der Waals surface area contributed by atoms with E-state index in [2.05, 4.69) is 0 Å². The molecule has 0 aromatic heterocycles. The van der Waals surface area contributed by atoms with E-state index in [1.165, 1.54) is 29.4 Å². The second-order valence-electron chi connectivity index (χ2n) is 8.50. The number of Topliss-reactive ketones (excluding diaryl/α,β-unsaturated/α-hetero) is 1. The van der Waals surface area contributed by atoms with Crippen LogP contribution in [0.2, 0.25) is 5.02 Å². The van der Waals surface area contributed by atoms with Gasteiger partial charge >= 0.3 is 0 Å². The number of hydrogen-bond acceptors (Lipinski definition) is 4. The van der Waals surface area contributed by atoms with Crippen molar-refractivity contribution in [1.29, 1.82) is 0 Å². The number of fused-ring (bicyclic) bond motifs is 1. The van der Waals surface area contributed by atoms with Gasteiger partial charge in [0.15, 0.2) is 12.0 Å². The highest BCUT2D eigenvalue weighted by atomic mass is 35.5. The first-order valence-electron chi connectivity index (χ1n) is 11.1. The molecule has 0 radical (unpaired) electrons. The third-order valence-electron chi connectivity index (χ3n) is 5.89. The standard InChI is InChI=1S/C26H24ClF2NO4S/c1-16-5-3-6-20(13-16)35(32,33)30-15-19(10-11-24(31)17(2)28)34-25-12-9-18(14-23(25)30)21-7-4-8-22(29)26(21)27/h3-9,12-14,17,19H,10-11,15H2,1-2H3/t17?,19-/m0/s1. The molecule has 0 saturated heterocycles. The van der Waals surface area contributed by atoms with Gasteiger partial charge in [0.2, 0.25) is 0 Å². The molecule has 184 valence electrons. The predicted molar refractivity (Wildman–Crippen MR) is 132 cm³/mol. The van der Waals surface area contributed by atoms with E-state index in [1.807, 2.05) is 0 Å². The molecule has 2 atom stereocenters. The maximum absolute atomic E-state index is 14.1. The van der Waals surface area contributed by atoms with Crippen LogP contribution < -0.4 is 9.04 Å². The fourth-order valence-electron chi connectivity index (χ4n) is 3.99. The van der Waals surface area contributed by atoms with Gasteiger partial charge in [0.05, 0.1) is 22.2 Å². The van der Waals surface area contributed by atoms with E-state index in [-0.39, 0.29) is 40.7 Å². The Hall–Kier alpha value is -2.97. The van der Waals surface area contributed by atoms with Crippen LogP contribution in [0.5, 0.6) is 5.75 Å². The first-order valence-corrected chi connectivity index (χ1v) is 12.9. The number of halogens is 3. The van der Waals surface area contributed by atoms with E-state index in [4.69, 9.17) is 16.3 Å². The van der Waals surface area contributed by atoms with Crippen LogP contribution >= 0.6 is 11.6 Å². The van der Waals surface area contributed by atoms with Gasteiger partial charge in [0.1, 0.15) is 17.7 Å². The lowest BCUT2D eigenvalue weighted by atomic mass is 10.0. The predicted octanol–water partition coefficient (Wildman–Crippen LogP) is 6.12. The van der Waals surface area contributed by atoms with Crippen molar-refractivity contribution in [2.24, 2.45) is 0 Å². The molecule has 3 aromatic rings. The van der Waals surface area contributed by atoms with Crippen molar-refractivity contribution < 1.29 is 26.7 Å². The number of sulfonamides is 1. The first kappa shape index (κ1) is 25.1. The lowest BCUT2D eigenvalue weighted by Crippen LogP contribution is -2.43. The number of aryl methyl sites for hydroxylation is 1. The molecule has 3 aromatic carbocycles. The summed E-state index contributed by atoms with van der Waals surface area (Å²) in [4.78, 5) is 11.9. The molecule has 9 heteroatoms. The van der Waals surface area contributed by atoms with Crippen LogP contribution in [0.1, 0.15) is 25.3 Å². The maximum Gasteiger partial charge on any atom is 0.264 e. The Balaban J connectivity index is 1.78. The summed E-state index contributed by atoms with van der Waals surface area (Å²) in [5.41, 5.74) is 1.97. The van der Waals surface area contributed by atoms with Crippen molar-refractivity contribution in [3.63, 3.8) is 0 Å². The highest BCUT2D eigenvalue weighted by Gasteiger charge is 2.35. The number of anilines is 1. The van der Waals surface area contributed by atoms with Gasteiger partial charge in [0.25, 0.3) is 10.0 Å². The van der Waals surface area contributed by atoms with E-state index < -0.39 is 33.9 Å². The number of ketones is 1. The molecule has 35 heavy (non-hydrogen) atoms. The van der Waals surface area contributed by atoms with Crippen LogP contribution in [-0.4, -0.2) is 33.0 Å². The second kappa shape index (κ2) is 9.95. The van der Waals surface area contributed by atoms with Crippen LogP contribution in [0.25, 0.3) is 11.1 Å². The van der Waals surface area contributed by atoms with Gasteiger partial charge in [-0.2, -0.15) is 0 Å². The maximum atomic E-state index is 14.1. The number of hydrogen-bond donors (Lipinski definition) is 0. The Bertz CT molecular complexity index is 1380. The van der Waals surface area contributed by atoms with E-state index in [0.29, 0.717) is 11.1 Å². The smallest absolute Gasteiger partial charge is 0.264 e. The fourth-order valence-corrected chi connectivity index (χ4v) is 5.83. The van der Waals surface area contributed by atoms with E-state index in [1.54, 1.807) is 49.4 Å². The molecule has 1 aliphatic rings. The highest BCUT2D eigenvalue weighted by Crippen LogP contribution is 2.42. The molecule has 0 fully saturated rings. The number of rotatable bonds is 7. The first-order chi connectivity index (χ1) is 16.6. The molecular formula is C26H24ClF2NO4S. The molecule has 0 saturated carbocycles. The van der Waals surface area contributed by atoms with Gasteiger partial charge in [-0.25, -0.2) is 17.2 Å². The van der Waals surface area contributed by atoms with Crippen LogP contribution in [0.15, 0.2) is 65.6 Å². The SMILES string of the molecule is Cc1cccc(S(=O)(=O)N2C[C@H](CCC(=O)C(C)F)Oc3ccc(-c4cccc(F)c4Cl)cc32)c1. The van der Waals surface area contributed by atoms with Gasteiger partial charge in [0, 0.05) is 12.0 Å². The van der Waals surface area contributed by atoms with E-state index in [0.717, 1.165) is 5.56 Å². The normalized spacial score (nSPS) is 16.4. The highest BCUT2D eigenvalue weighted by molar-refractivity contribution is 7.92. The summed E-state index contributed by atoms with van der Waals surface area (Å²) in [5.74, 6) is -0.868. The lowest BCUT2D eigenvalue weighted by molar-refractivity contribution is -0.123. The lowest BCUT2D eigenvalue weighted by Gasteiger charge is -2.36. The van der Waals surface area contributed by atoms with Crippen molar-refractivity contribution in [2.45, 2.75) is 43.9 Å². The molecule has 0 aliphatic carbocycles. The van der Waals surface area contributed by atoms with Gasteiger partial charge in [-0.05, 0) is 61.7 Å². The summed E-state index contributed by atoms with van der Waals surface area (Å²) in [5, 5.41) is -0.0750. The summed E-state index contributed by atoms with van der Waals surface area (Å²) in [7, 11) is -4.02. The minimum atomic E-state index is -4.02. The van der Waals surface area contributed by atoms with E-state index in [9.17, 15) is 22.0 Å². The molecule has 0 bridgehead atoms. The minimum Gasteiger partial charge on any atom is -0.486 e. The summed E-state index contributed by atoms with van der Waals surface area (Å²) < 4.78 is 62.1. The number of carbonyl (C=O) groups is 1. The quantitative estimate of drug-likeness (QED) is 0.377. The largest absolute Gasteiger partial charge is 0.486 e. The van der Waals surface area contributed by atoms with Crippen molar-refractivity contribution in [3.8, 4) is 16.9 Å². The Morgan fingerprint density at radius 3 is 2.63 bits per heavy atom. The topological polar surface area (TPSA) is 63.7 Å². The third-order valence-corrected chi connectivity index (χ3v) is 8.05. The van der Waals surface area contributed by atoms with Crippen molar-refractivity contribution in [2.75, 3.05) is 10.8 Å². The van der Waals surface area contributed by atoms with Crippen molar-refractivity contribution in [3.05, 3.63) is 77.1 Å². The van der Waals surface area contributed by atoms with Gasteiger partial charge in [-0.1, -0.05) is 41.9 Å². The molecule has 1 aliphatic heterocycles. The number of nitrogens with zero attached hydrogens (tertiary/aromatic N) is 1. The summed E-state index contributed by atoms with van der Waals surface area (Å²) in [6.07, 6.45) is -2.18. The van der Waals surface area contributed by atoms with Crippen LogP contribution in [0.3, 0.4) is 0 Å². The average Bonchev–Trinajstić information content (AvgIpc) is 2.83. The Morgan fingerprint density at radius 1 is 1.17 bits per heavy atom. The zero-order valence-electron chi connectivity index (χ0n) is 19.2. The summed E-state index contributed by atoms with van der Waals surface area (Å²) >= 11 is 6.17. The molecule has 5 nitrogen and oxygen atoms in total. The second-order valence-corrected chi connectivity index (χ2v) is 10.7. The number of carbonyl (C=O) groups excluding carboxylic acids is 1. The monoisotopic (exact) mass is 519 g/mol. The van der Waals surface area contributed by atoms with Crippen LogP contribution in [0, 0.1) is 12.7 Å². The fraction of sp³-hybridized carbons (Fsp3) is 0.269. The summed E-state index contributed by atoms with van der Waals surface area (Å²) in [6.45, 7) is 2.90. The van der Waals surface area contributed by atoms with E-state index >= 15 is 0 Å². The number of ether oxygens (including phenoxy) is 1. The van der Waals surface area contributed by atoms with Gasteiger partial charge < -0.3 is 4.74 Å². The molecule has 1 heterocycles. The van der Waals surface area contributed by atoms with Gasteiger partial charge in [-0.3, -0.25) is 9.10 Å². The number of benzene rings is 3. The average molecular weight is 520 g/mol.